The van der Waals surface area contributed by atoms with E-state index in [0.29, 0.717) is 0 Å². The van der Waals surface area contributed by atoms with Crippen molar-refractivity contribution in [2.24, 2.45) is 7.05 Å². The van der Waals surface area contributed by atoms with Gasteiger partial charge >= 0.3 is 5.89 Å². The van der Waals surface area contributed by atoms with Crippen LogP contribution in [0.25, 0.3) is 12.2 Å². The second-order valence-electron chi connectivity index (χ2n) is 4.61. The molecular formula is C15H19N2O+. The van der Waals surface area contributed by atoms with E-state index in [2.05, 4.69) is 35.2 Å². The summed E-state index contributed by atoms with van der Waals surface area (Å²) in [5.74, 6) is 1.77. The van der Waals surface area contributed by atoms with Gasteiger partial charge in [-0.1, -0.05) is 12.1 Å². The largest absolute Gasteiger partial charge is 0.404 e. The number of nitrogens with zero attached hydrogens (tertiary/aromatic N) is 2. The summed E-state index contributed by atoms with van der Waals surface area (Å²) in [6, 6.07) is 8.41. The normalized spacial score (nSPS) is 11.1. The van der Waals surface area contributed by atoms with Crippen molar-refractivity contribution in [1.82, 2.24) is 0 Å². The number of aryl methyl sites for hydroxylation is 2. The van der Waals surface area contributed by atoms with Crippen LogP contribution in [0.15, 0.2) is 34.9 Å². The molecule has 0 fully saturated rings. The molecule has 1 aromatic carbocycles. The van der Waals surface area contributed by atoms with Gasteiger partial charge in [-0.25, -0.2) is 0 Å². The van der Waals surface area contributed by atoms with Crippen LogP contribution < -0.4 is 9.47 Å². The highest BCUT2D eigenvalue weighted by atomic mass is 16.4. The summed E-state index contributed by atoms with van der Waals surface area (Å²) in [4.78, 5) is 2.09. The molecule has 0 radical (unpaired) electrons. The molecular weight excluding hydrogens is 224 g/mol. The van der Waals surface area contributed by atoms with E-state index in [1.54, 1.807) is 0 Å². The molecule has 0 saturated heterocycles. The molecule has 0 unspecified atom stereocenters. The fourth-order valence-corrected chi connectivity index (χ4v) is 1.80. The Morgan fingerprint density at radius 3 is 2.28 bits per heavy atom. The van der Waals surface area contributed by atoms with E-state index in [1.807, 2.05) is 44.9 Å². The minimum atomic E-state index is 0.851. The molecule has 0 spiro atoms. The molecule has 2 aromatic rings. The van der Waals surface area contributed by atoms with Crippen LogP contribution in [0.2, 0.25) is 0 Å². The van der Waals surface area contributed by atoms with E-state index in [9.17, 15) is 0 Å². The Labute approximate surface area is 108 Å². The van der Waals surface area contributed by atoms with Gasteiger partial charge in [0, 0.05) is 26.7 Å². The van der Waals surface area contributed by atoms with Crippen LogP contribution in [0.5, 0.6) is 0 Å². The molecule has 0 aliphatic rings. The number of rotatable bonds is 3. The summed E-state index contributed by atoms with van der Waals surface area (Å²) in [5.41, 5.74) is 2.36. The number of aromatic nitrogens is 1. The predicted molar refractivity (Wildman–Crippen MR) is 74.3 cm³/mol. The quantitative estimate of drug-likeness (QED) is 0.772. The second-order valence-corrected chi connectivity index (χ2v) is 4.61. The van der Waals surface area contributed by atoms with Crippen molar-refractivity contribution in [3.8, 4) is 0 Å². The Morgan fingerprint density at radius 2 is 1.78 bits per heavy atom. The maximum atomic E-state index is 5.57. The summed E-state index contributed by atoms with van der Waals surface area (Å²) in [6.07, 6.45) is 6.00. The monoisotopic (exact) mass is 243 g/mol. The number of oxazole rings is 1. The van der Waals surface area contributed by atoms with E-state index in [0.717, 1.165) is 17.2 Å². The summed E-state index contributed by atoms with van der Waals surface area (Å²) in [5, 5.41) is 0. The van der Waals surface area contributed by atoms with Crippen molar-refractivity contribution in [3.63, 3.8) is 0 Å². The molecule has 3 heteroatoms. The highest BCUT2D eigenvalue weighted by molar-refractivity contribution is 5.66. The minimum absolute atomic E-state index is 0.851. The molecule has 0 aliphatic carbocycles. The van der Waals surface area contributed by atoms with Crippen molar-refractivity contribution in [1.29, 1.82) is 0 Å². The average Bonchev–Trinajstić information content (AvgIpc) is 2.66. The standard InChI is InChI=1S/C15H19N2O/c1-12-11-17(4)15(18-12)10-7-13-5-8-14(9-6-13)16(2)3/h5-11H,1-4H3/q+1. The van der Waals surface area contributed by atoms with Gasteiger partial charge in [0.15, 0.2) is 5.76 Å². The van der Waals surface area contributed by atoms with Crippen LogP contribution in [0, 0.1) is 6.92 Å². The molecule has 0 N–H and O–H groups in total. The van der Waals surface area contributed by atoms with Crippen molar-refractivity contribution >= 4 is 17.8 Å². The second kappa shape index (κ2) is 5.08. The zero-order valence-electron chi connectivity index (χ0n) is 11.3. The molecule has 2 rings (SSSR count). The van der Waals surface area contributed by atoms with Crippen LogP contribution in [-0.4, -0.2) is 14.1 Å². The van der Waals surface area contributed by atoms with Gasteiger partial charge in [-0.2, -0.15) is 4.57 Å². The van der Waals surface area contributed by atoms with Gasteiger partial charge in [-0.15, -0.1) is 0 Å². The summed E-state index contributed by atoms with van der Waals surface area (Å²) >= 11 is 0. The molecule has 94 valence electrons. The van der Waals surface area contributed by atoms with E-state index in [4.69, 9.17) is 4.42 Å². The van der Waals surface area contributed by atoms with E-state index in [1.165, 1.54) is 5.69 Å². The molecule has 0 bridgehead atoms. The van der Waals surface area contributed by atoms with Gasteiger partial charge in [0.2, 0.25) is 6.20 Å². The smallest absolute Gasteiger partial charge is 0.373 e. The van der Waals surface area contributed by atoms with Crippen LogP contribution >= 0.6 is 0 Å². The molecule has 0 amide bonds. The Kier molecular flexibility index (Phi) is 3.51. The van der Waals surface area contributed by atoms with E-state index < -0.39 is 0 Å². The van der Waals surface area contributed by atoms with Gasteiger partial charge in [0.1, 0.15) is 7.05 Å². The molecule has 1 heterocycles. The van der Waals surface area contributed by atoms with Gasteiger partial charge in [-0.3, -0.25) is 0 Å². The maximum absolute atomic E-state index is 5.57. The summed E-state index contributed by atoms with van der Waals surface area (Å²) in [6.45, 7) is 1.95. The Morgan fingerprint density at radius 1 is 1.11 bits per heavy atom. The molecule has 18 heavy (non-hydrogen) atoms. The SMILES string of the molecule is Cc1c[n+](C)c(/C=C/c2ccc(N(C)C)cc2)o1. The van der Waals surface area contributed by atoms with E-state index >= 15 is 0 Å². The predicted octanol–water partition coefficient (Wildman–Crippen LogP) is 2.65. The van der Waals surface area contributed by atoms with Crippen LogP contribution in [0.4, 0.5) is 5.69 Å². The fraction of sp³-hybridized carbons (Fsp3) is 0.267. The lowest BCUT2D eigenvalue weighted by atomic mass is 10.2. The Balaban J connectivity index is 2.16. The lowest BCUT2D eigenvalue weighted by Gasteiger charge is -2.11. The zero-order valence-corrected chi connectivity index (χ0v) is 11.3. The number of anilines is 1. The first-order valence-electron chi connectivity index (χ1n) is 5.98. The number of hydrogen-bond donors (Lipinski definition) is 0. The first-order valence-corrected chi connectivity index (χ1v) is 5.98. The lowest BCUT2D eigenvalue weighted by Crippen LogP contribution is -2.27. The summed E-state index contributed by atoms with van der Waals surface area (Å²) < 4.78 is 7.54. The molecule has 0 atom stereocenters. The van der Waals surface area contributed by atoms with Crippen LogP contribution in [-0.2, 0) is 7.05 Å². The van der Waals surface area contributed by atoms with Gasteiger partial charge in [-0.05, 0) is 23.8 Å². The maximum Gasteiger partial charge on any atom is 0.373 e. The third-order valence-corrected chi connectivity index (χ3v) is 2.82. The summed E-state index contributed by atoms with van der Waals surface area (Å²) in [7, 11) is 6.05. The molecule has 1 aromatic heterocycles. The highest BCUT2D eigenvalue weighted by Crippen LogP contribution is 2.14. The van der Waals surface area contributed by atoms with Gasteiger partial charge in [0.25, 0.3) is 0 Å². The Bertz CT molecular complexity index is 550. The average molecular weight is 243 g/mol. The minimum Gasteiger partial charge on any atom is -0.404 e. The highest BCUT2D eigenvalue weighted by Gasteiger charge is 2.08. The molecule has 3 nitrogen and oxygen atoms in total. The van der Waals surface area contributed by atoms with Crippen molar-refractivity contribution in [2.45, 2.75) is 6.92 Å². The molecule has 0 saturated carbocycles. The first kappa shape index (κ1) is 12.4. The topological polar surface area (TPSA) is 20.3 Å². The van der Waals surface area contributed by atoms with Gasteiger partial charge < -0.3 is 9.32 Å². The van der Waals surface area contributed by atoms with Gasteiger partial charge in [0.05, 0.1) is 6.08 Å². The first-order chi connectivity index (χ1) is 8.56. The molecule has 0 aliphatic heterocycles. The fourth-order valence-electron chi connectivity index (χ4n) is 1.80. The third kappa shape index (κ3) is 2.80. The zero-order chi connectivity index (χ0) is 13.1. The van der Waals surface area contributed by atoms with Crippen LogP contribution in [0.1, 0.15) is 17.2 Å². The van der Waals surface area contributed by atoms with Crippen molar-refractivity contribution in [2.75, 3.05) is 19.0 Å². The number of hydrogen-bond acceptors (Lipinski definition) is 2. The van der Waals surface area contributed by atoms with E-state index in [-0.39, 0.29) is 0 Å². The third-order valence-electron chi connectivity index (χ3n) is 2.82. The van der Waals surface area contributed by atoms with Crippen LogP contribution in [0.3, 0.4) is 0 Å². The van der Waals surface area contributed by atoms with Crippen molar-refractivity contribution in [3.05, 3.63) is 47.7 Å². The van der Waals surface area contributed by atoms with Crippen molar-refractivity contribution < 1.29 is 8.98 Å². The number of benzene rings is 1. The Hall–Kier alpha value is -2.03. The lowest BCUT2D eigenvalue weighted by molar-refractivity contribution is -0.676.